The van der Waals surface area contributed by atoms with Crippen LogP contribution in [-0.4, -0.2) is 61.9 Å². The maximum Gasteiger partial charge on any atom is 0.282 e. The van der Waals surface area contributed by atoms with Gasteiger partial charge in [-0.2, -0.15) is 17.0 Å². The van der Waals surface area contributed by atoms with Gasteiger partial charge in [0.1, 0.15) is 0 Å². The lowest BCUT2D eigenvalue weighted by Crippen LogP contribution is -2.47. The number of nitrogens with two attached hydrogens (primary N) is 1. The van der Waals surface area contributed by atoms with Crippen LogP contribution < -0.4 is 5.73 Å². The van der Waals surface area contributed by atoms with Gasteiger partial charge in [-0.25, -0.2) is 0 Å². The molecule has 0 amide bonds. The van der Waals surface area contributed by atoms with Gasteiger partial charge in [0.15, 0.2) is 0 Å². The molecule has 0 spiro atoms. The van der Waals surface area contributed by atoms with Gasteiger partial charge in [-0.15, -0.1) is 0 Å². The van der Waals surface area contributed by atoms with E-state index < -0.39 is 10.2 Å². The molecule has 1 aliphatic rings. The first kappa shape index (κ1) is 16.8. The van der Waals surface area contributed by atoms with E-state index in [0.717, 1.165) is 19.3 Å². The van der Waals surface area contributed by atoms with E-state index in [1.165, 1.54) is 4.31 Å². The molecule has 8 heteroatoms. The molecule has 1 rings (SSSR count). The minimum absolute atomic E-state index is 0.317. The summed E-state index contributed by atoms with van der Waals surface area (Å²) in [6.45, 7) is 2.21. The van der Waals surface area contributed by atoms with Crippen molar-refractivity contribution < 1.29 is 13.2 Å². The highest BCUT2D eigenvalue weighted by Gasteiger charge is 2.30. The lowest BCUT2D eigenvalue weighted by Gasteiger charge is -2.32. The molecule has 0 atom stereocenters. The molecule has 1 aliphatic heterocycles. The Morgan fingerprint density at radius 1 is 1.32 bits per heavy atom. The average molecular weight is 309 g/mol. The molecule has 6 nitrogen and oxygen atoms in total. The lowest BCUT2D eigenvalue weighted by molar-refractivity contribution is 0.175. The van der Waals surface area contributed by atoms with Gasteiger partial charge in [0.25, 0.3) is 10.2 Å². The van der Waals surface area contributed by atoms with Crippen molar-refractivity contribution in [2.24, 2.45) is 5.73 Å². The van der Waals surface area contributed by atoms with Crippen LogP contribution in [0.4, 0.5) is 0 Å². The van der Waals surface area contributed by atoms with Crippen LogP contribution in [0.2, 0.25) is 0 Å². The topological polar surface area (TPSA) is 75.9 Å². The van der Waals surface area contributed by atoms with Crippen LogP contribution >= 0.6 is 12.2 Å². The van der Waals surface area contributed by atoms with Crippen LogP contribution in [0.5, 0.6) is 0 Å². The molecule has 1 fully saturated rings. The molecular weight excluding hydrogens is 286 g/mol. The predicted molar refractivity (Wildman–Crippen MR) is 79.2 cm³/mol. The normalized spacial score (nSPS) is 17.8. The number of hydrogen-bond acceptors (Lipinski definition) is 4. The summed E-state index contributed by atoms with van der Waals surface area (Å²) < 4.78 is 33.0. The van der Waals surface area contributed by atoms with E-state index in [1.54, 1.807) is 11.4 Å². The fourth-order valence-electron chi connectivity index (χ4n) is 2.03. The third-order valence-corrected chi connectivity index (χ3v) is 5.36. The van der Waals surface area contributed by atoms with Gasteiger partial charge in [-0.3, -0.25) is 0 Å². The monoisotopic (exact) mass is 309 g/mol. The summed E-state index contributed by atoms with van der Waals surface area (Å²) in [5.74, 6) is 0. The summed E-state index contributed by atoms with van der Waals surface area (Å²) in [5.41, 5.74) is 5.46. The minimum atomic E-state index is -3.42. The van der Waals surface area contributed by atoms with Crippen LogP contribution in [0.3, 0.4) is 0 Å². The van der Waals surface area contributed by atoms with Crippen molar-refractivity contribution >= 4 is 27.4 Å². The molecule has 19 heavy (non-hydrogen) atoms. The molecule has 2 N–H and O–H groups in total. The van der Waals surface area contributed by atoms with Gasteiger partial charge in [0.05, 0.1) is 11.6 Å². The van der Waals surface area contributed by atoms with Crippen molar-refractivity contribution in [3.8, 4) is 0 Å². The van der Waals surface area contributed by atoms with E-state index in [-0.39, 0.29) is 0 Å². The molecule has 1 heterocycles. The van der Waals surface area contributed by atoms with Crippen LogP contribution in [0.15, 0.2) is 0 Å². The van der Waals surface area contributed by atoms with Crippen LogP contribution in [-0.2, 0) is 14.9 Å². The Kier molecular flexibility index (Phi) is 7.16. The second-order valence-electron chi connectivity index (χ2n) is 4.58. The minimum Gasteiger partial charge on any atom is -0.393 e. The number of hydrogen-bond donors (Lipinski definition) is 1. The van der Waals surface area contributed by atoms with E-state index in [4.69, 9.17) is 22.7 Å². The second kappa shape index (κ2) is 8.11. The largest absolute Gasteiger partial charge is 0.393 e. The highest BCUT2D eigenvalue weighted by molar-refractivity contribution is 7.86. The predicted octanol–water partition coefficient (Wildman–Crippen LogP) is 0.342. The van der Waals surface area contributed by atoms with Crippen LogP contribution in [0.25, 0.3) is 0 Å². The highest BCUT2D eigenvalue weighted by atomic mass is 32.2. The standard InChI is InChI=1S/C11H23N3O3S2/c1-17-10-9-14(8-5-11(12)18)19(15,16)13-6-3-2-4-7-13/h2-10H2,1H3,(H2,12,18). The summed E-state index contributed by atoms with van der Waals surface area (Å²) in [4.78, 5) is 0.330. The number of thiocarbonyl (C=S) groups is 1. The molecule has 0 bridgehead atoms. The SMILES string of the molecule is COCCN(CCC(N)=S)S(=O)(=O)N1CCCCC1. The molecule has 0 unspecified atom stereocenters. The lowest BCUT2D eigenvalue weighted by atomic mass is 10.2. The summed E-state index contributed by atoms with van der Waals surface area (Å²) in [6, 6.07) is 0. The summed E-state index contributed by atoms with van der Waals surface area (Å²) in [5, 5.41) is 0. The Morgan fingerprint density at radius 3 is 2.47 bits per heavy atom. The van der Waals surface area contributed by atoms with Crippen molar-refractivity contribution in [3.05, 3.63) is 0 Å². The van der Waals surface area contributed by atoms with Gasteiger partial charge in [0, 0.05) is 39.7 Å². The Bertz CT molecular complexity index is 381. The molecule has 0 aromatic carbocycles. The molecule has 0 saturated carbocycles. The molecule has 112 valence electrons. The van der Waals surface area contributed by atoms with E-state index in [1.807, 2.05) is 0 Å². The number of ether oxygens (including phenoxy) is 1. The zero-order chi connectivity index (χ0) is 14.3. The van der Waals surface area contributed by atoms with Crippen molar-refractivity contribution in [3.63, 3.8) is 0 Å². The molecule has 0 aliphatic carbocycles. The van der Waals surface area contributed by atoms with Gasteiger partial charge in [-0.1, -0.05) is 18.6 Å². The van der Waals surface area contributed by atoms with Crippen molar-refractivity contribution in [2.75, 3.05) is 39.9 Å². The van der Waals surface area contributed by atoms with Gasteiger partial charge in [0.2, 0.25) is 0 Å². The summed E-state index contributed by atoms with van der Waals surface area (Å²) in [6.07, 6.45) is 3.34. The molecule has 0 aromatic heterocycles. The maximum atomic E-state index is 12.5. The van der Waals surface area contributed by atoms with Gasteiger partial charge >= 0.3 is 0 Å². The zero-order valence-electron chi connectivity index (χ0n) is 11.4. The van der Waals surface area contributed by atoms with Gasteiger partial charge < -0.3 is 10.5 Å². The third kappa shape index (κ3) is 5.31. The van der Waals surface area contributed by atoms with Crippen LogP contribution in [0, 0.1) is 0 Å². The zero-order valence-corrected chi connectivity index (χ0v) is 13.0. The molecule has 0 aromatic rings. The Labute approximate surface area is 121 Å². The molecular formula is C11H23N3O3S2. The Balaban J connectivity index is 2.71. The number of nitrogens with zero attached hydrogens (tertiary/aromatic N) is 2. The Morgan fingerprint density at radius 2 is 1.95 bits per heavy atom. The first-order valence-corrected chi connectivity index (χ1v) is 8.31. The second-order valence-corrected chi connectivity index (χ2v) is 7.03. The smallest absolute Gasteiger partial charge is 0.282 e. The summed E-state index contributed by atoms with van der Waals surface area (Å²) in [7, 11) is -1.87. The highest BCUT2D eigenvalue weighted by Crippen LogP contribution is 2.16. The Hall–Kier alpha value is -0.280. The summed E-state index contributed by atoms with van der Waals surface area (Å²) >= 11 is 4.82. The average Bonchev–Trinajstić information content (AvgIpc) is 2.39. The van der Waals surface area contributed by atoms with Crippen molar-refractivity contribution in [1.29, 1.82) is 0 Å². The number of rotatable bonds is 8. The molecule has 0 radical (unpaired) electrons. The van der Waals surface area contributed by atoms with Crippen molar-refractivity contribution in [2.45, 2.75) is 25.7 Å². The van der Waals surface area contributed by atoms with E-state index in [2.05, 4.69) is 0 Å². The van der Waals surface area contributed by atoms with E-state index >= 15 is 0 Å². The maximum absolute atomic E-state index is 12.5. The fraction of sp³-hybridized carbons (Fsp3) is 0.909. The number of methoxy groups -OCH3 is 1. The van der Waals surface area contributed by atoms with Crippen molar-refractivity contribution in [1.82, 2.24) is 8.61 Å². The molecule has 1 saturated heterocycles. The first-order valence-electron chi connectivity index (χ1n) is 6.51. The van der Waals surface area contributed by atoms with E-state index in [9.17, 15) is 8.42 Å². The van der Waals surface area contributed by atoms with Crippen LogP contribution in [0.1, 0.15) is 25.7 Å². The van der Waals surface area contributed by atoms with E-state index in [0.29, 0.717) is 44.2 Å². The number of piperidine rings is 1. The first-order chi connectivity index (χ1) is 8.98. The third-order valence-electron chi connectivity index (χ3n) is 3.12. The quantitative estimate of drug-likeness (QED) is 0.655. The fourth-order valence-corrected chi connectivity index (χ4v) is 3.79. The van der Waals surface area contributed by atoms with Gasteiger partial charge in [-0.05, 0) is 12.8 Å².